The SMILES string of the molecule is CSC1(CNc2nc(NN)nc3sc(C)cc23)CCCC1. The Morgan fingerprint density at radius 3 is 2.81 bits per heavy atom. The number of rotatable bonds is 5. The van der Waals surface area contributed by atoms with Crippen LogP contribution in [-0.4, -0.2) is 27.5 Å². The van der Waals surface area contributed by atoms with E-state index in [1.54, 1.807) is 11.3 Å². The topological polar surface area (TPSA) is 75.9 Å². The van der Waals surface area contributed by atoms with E-state index in [9.17, 15) is 0 Å². The van der Waals surface area contributed by atoms with Crippen LogP contribution in [0.25, 0.3) is 10.2 Å². The number of aryl methyl sites for hydroxylation is 1. The van der Waals surface area contributed by atoms with Crippen LogP contribution in [0.2, 0.25) is 0 Å². The highest BCUT2D eigenvalue weighted by Crippen LogP contribution is 2.40. The fourth-order valence-corrected chi connectivity index (χ4v) is 4.75. The predicted octanol–water partition coefficient (Wildman–Crippen LogP) is 3.37. The summed E-state index contributed by atoms with van der Waals surface area (Å²) in [6.45, 7) is 3.03. The first-order valence-corrected chi connectivity index (χ1v) is 9.24. The Hall–Kier alpha value is -1.05. The van der Waals surface area contributed by atoms with Gasteiger partial charge in [0.15, 0.2) is 0 Å². The molecule has 1 aliphatic rings. The van der Waals surface area contributed by atoms with Gasteiger partial charge in [0, 0.05) is 16.2 Å². The van der Waals surface area contributed by atoms with Crippen molar-refractivity contribution >= 4 is 45.1 Å². The van der Waals surface area contributed by atoms with E-state index in [-0.39, 0.29) is 0 Å². The highest BCUT2D eigenvalue weighted by molar-refractivity contribution is 8.00. The Bertz CT molecular complexity index is 634. The molecule has 5 nitrogen and oxygen atoms in total. The van der Waals surface area contributed by atoms with Crippen LogP contribution in [0, 0.1) is 6.92 Å². The fraction of sp³-hybridized carbons (Fsp3) is 0.571. The van der Waals surface area contributed by atoms with Gasteiger partial charge in [-0.2, -0.15) is 16.7 Å². The molecule has 0 unspecified atom stereocenters. The maximum absolute atomic E-state index is 5.48. The maximum atomic E-state index is 5.48. The molecule has 2 aromatic heterocycles. The summed E-state index contributed by atoms with van der Waals surface area (Å²) in [5.41, 5.74) is 2.56. The number of hydrazine groups is 1. The smallest absolute Gasteiger partial charge is 0.240 e. The lowest BCUT2D eigenvalue weighted by atomic mass is 10.1. The summed E-state index contributed by atoms with van der Waals surface area (Å²) < 4.78 is 0.346. The van der Waals surface area contributed by atoms with E-state index in [4.69, 9.17) is 5.84 Å². The summed E-state index contributed by atoms with van der Waals surface area (Å²) in [7, 11) is 0. The van der Waals surface area contributed by atoms with Crippen molar-refractivity contribution in [2.75, 3.05) is 23.5 Å². The molecule has 21 heavy (non-hydrogen) atoms. The lowest BCUT2D eigenvalue weighted by Crippen LogP contribution is -2.30. The Labute approximate surface area is 133 Å². The first-order valence-electron chi connectivity index (χ1n) is 7.20. The van der Waals surface area contributed by atoms with Crippen molar-refractivity contribution in [2.45, 2.75) is 37.4 Å². The van der Waals surface area contributed by atoms with Gasteiger partial charge in [-0.05, 0) is 32.1 Å². The van der Waals surface area contributed by atoms with E-state index < -0.39 is 0 Å². The monoisotopic (exact) mass is 323 g/mol. The van der Waals surface area contributed by atoms with Crippen molar-refractivity contribution in [2.24, 2.45) is 5.84 Å². The molecule has 0 spiro atoms. The van der Waals surface area contributed by atoms with E-state index in [2.05, 4.69) is 40.0 Å². The highest BCUT2D eigenvalue weighted by atomic mass is 32.2. The molecule has 0 radical (unpaired) electrons. The first kappa shape index (κ1) is 14.9. The van der Waals surface area contributed by atoms with Crippen LogP contribution >= 0.6 is 23.1 Å². The van der Waals surface area contributed by atoms with E-state index in [0.717, 1.165) is 22.6 Å². The van der Waals surface area contributed by atoms with Crippen LogP contribution < -0.4 is 16.6 Å². The van der Waals surface area contributed by atoms with E-state index in [1.165, 1.54) is 30.6 Å². The first-order chi connectivity index (χ1) is 10.2. The zero-order chi connectivity index (χ0) is 14.9. The Morgan fingerprint density at radius 2 is 2.14 bits per heavy atom. The normalized spacial score (nSPS) is 17.3. The van der Waals surface area contributed by atoms with Gasteiger partial charge in [0.1, 0.15) is 10.6 Å². The van der Waals surface area contributed by atoms with Crippen molar-refractivity contribution in [3.63, 3.8) is 0 Å². The predicted molar refractivity (Wildman–Crippen MR) is 93.2 cm³/mol. The number of nitrogens with two attached hydrogens (primary N) is 1. The zero-order valence-corrected chi connectivity index (χ0v) is 14.0. The molecule has 0 atom stereocenters. The number of thiophene rings is 1. The highest BCUT2D eigenvalue weighted by Gasteiger charge is 2.33. The third-order valence-corrected chi connectivity index (χ3v) is 6.53. The van der Waals surface area contributed by atoms with Crippen molar-refractivity contribution < 1.29 is 0 Å². The average Bonchev–Trinajstić information content (AvgIpc) is 3.10. The quantitative estimate of drug-likeness (QED) is 0.578. The third kappa shape index (κ3) is 2.95. The molecular weight excluding hydrogens is 302 g/mol. The second-order valence-electron chi connectivity index (χ2n) is 5.56. The molecule has 0 aliphatic heterocycles. The summed E-state index contributed by atoms with van der Waals surface area (Å²) in [6.07, 6.45) is 7.42. The number of anilines is 2. The maximum Gasteiger partial charge on any atom is 0.240 e. The molecule has 1 saturated carbocycles. The van der Waals surface area contributed by atoms with Crippen LogP contribution in [0.3, 0.4) is 0 Å². The molecule has 1 aliphatic carbocycles. The second kappa shape index (κ2) is 5.98. The summed E-state index contributed by atoms with van der Waals surface area (Å²) >= 11 is 3.64. The van der Waals surface area contributed by atoms with Gasteiger partial charge >= 0.3 is 0 Å². The molecular formula is C14H21N5S2. The molecule has 0 aromatic carbocycles. The lowest BCUT2D eigenvalue weighted by molar-refractivity contribution is 0.639. The molecule has 2 aromatic rings. The largest absolute Gasteiger partial charge is 0.368 e. The Kier molecular flexibility index (Phi) is 4.24. The van der Waals surface area contributed by atoms with E-state index >= 15 is 0 Å². The molecule has 2 heterocycles. The summed E-state index contributed by atoms with van der Waals surface area (Å²) in [5.74, 6) is 6.84. The van der Waals surface area contributed by atoms with Gasteiger partial charge in [-0.3, -0.25) is 5.43 Å². The van der Waals surface area contributed by atoms with Gasteiger partial charge in [0.05, 0.1) is 5.39 Å². The number of aromatic nitrogens is 2. The third-order valence-electron chi connectivity index (χ3n) is 4.17. The molecule has 0 amide bonds. The molecule has 0 saturated heterocycles. The zero-order valence-electron chi connectivity index (χ0n) is 12.4. The van der Waals surface area contributed by atoms with Gasteiger partial charge in [-0.25, -0.2) is 10.8 Å². The number of thioether (sulfide) groups is 1. The van der Waals surface area contributed by atoms with E-state index in [1.807, 2.05) is 11.8 Å². The van der Waals surface area contributed by atoms with Gasteiger partial charge < -0.3 is 5.32 Å². The minimum absolute atomic E-state index is 0.346. The van der Waals surface area contributed by atoms with Crippen LogP contribution in [0.15, 0.2) is 6.07 Å². The van der Waals surface area contributed by atoms with Gasteiger partial charge in [-0.15, -0.1) is 11.3 Å². The summed E-state index contributed by atoms with van der Waals surface area (Å²) in [5, 5.41) is 4.64. The van der Waals surface area contributed by atoms with Crippen molar-refractivity contribution in [3.8, 4) is 0 Å². The molecule has 7 heteroatoms. The Morgan fingerprint density at radius 1 is 1.38 bits per heavy atom. The minimum atomic E-state index is 0.346. The van der Waals surface area contributed by atoms with Crippen LogP contribution in [-0.2, 0) is 0 Å². The number of fused-ring (bicyclic) bond motifs is 1. The summed E-state index contributed by atoms with van der Waals surface area (Å²) in [6, 6.07) is 2.14. The van der Waals surface area contributed by atoms with Gasteiger partial charge in [0.25, 0.3) is 0 Å². The second-order valence-corrected chi connectivity index (χ2v) is 8.07. The number of nitrogen functional groups attached to an aromatic ring is 1. The fourth-order valence-electron chi connectivity index (χ4n) is 2.96. The number of nitrogens with one attached hydrogen (secondary N) is 2. The molecule has 0 bridgehead atoms. The van der Waals surface area contributed by atoms with Gasteiger partial charge in [0.2, 0.25) is 5.95 Å². The van der Waals surface area contributed by atoms with Crippen LogP contribution in [0.1, 0.15) is 30.6 Å². The van der Waals surface area contributed by atoms with Crippen molar-refractivity contribution in [1.29, 1.82) is 0 Å². The number of hydrogen-bond acceptors (Lipinski definition) is 7. The molecule has 1 fully saturated rings. The number of nitrogens with zero attached hydrogens (tertiary/aromatic N) is 2. The van der Waals surface area contributed by atoms with Crippen LogP contribution in [0.4, 0.5) is 11.8 Å². The van der Waals surface area contributed by atoms with E-state index in [0.29, 0.717) is 10.7 Å². The van der Waals surface area contributed by atoms with Gasteiger partial charge in [-0.1, -0.05) is 12.8 Å². The Balaban J connectivity index is 1.88. The standard InChI is InChI=1S/C14H21N5S2/c1-9-7-10-11(17-13(19-15)18-12(10)21-9)16-8-14(20-2)5-3-4-6-14/h7H,3-6,8,15H2,1-2H3,(H2,16,17,18,19). The molecule has 3 rings (SSSR count). The van der Waals surface area contributed by atoms with Crippen molar-refractivity contribution in [1.82, 2.24) is 9.97 Å². The lowest BCUT2D eigenvalue weighted by Gasteiger charge is -2.27. The van der Waals surface area contributed by atoms with Crippen LogP contribution in [0.5, 0.6) is 0 Å². The molecule has 4 N–H and O–H groups in total. The van der Waals surface area contributed by atoms with Crippen molar-refractivity contribution in [3.05, 3.63) is 10.9 Å². The minimum Gasteiger partial charge on any atom is -0.368 e. The summed E-state index contributed by atoms with van der Waals surface area (Å²) in [4.78, 5) is 11.1. The molecule has 114 valence electrons. The number of hydrogen-bond donors (Lipinski definition) is 3. The average molecular weight is 323 g/mol.